The van der Waals surface area contributed by atoms with E-state index in [0.29, 0.717) is 12.0 Å². The van der Waals surface area contributed by atoms with Gasteiger partial charge in [-0.1, -0.05) is 38.1 Å². The van der Waals surface area contributed by atoms with Crippen LogP contribution in [-0.4, -0.2) is 11.0 Å². The summed E-state index contributed by atoms with van der Waals surface area (Å²) in [7, 11) is 0. The molecule has 0 aliphatic carbocycles. The highest BCUT2D eigenvalue weighted by atomic mass is 15.0. The average molecular weight is 228 g/mol. The zero-order valence-corrected chi connectivity index (χ0v) is 11.0. The molecule has 1 aromatic carbocycles. The van der Waals surface area contributed by atoms with Crippen molar-refractivity contribution in [3.63, 3.8) is 0 Å². The normalized spacial score (nSPS) is 11.4. The molecule has 2 rings (SSSR count). The second-order valence-corrected chi connectivity index (χ2v) is 5.07. The van der Waals surface area contributed by atoms with Crippen LogP contribution in [0.15, 0.2) is 30.3 Å². The lowest BCUT2D eigenvalue weighted by Gasteiger charge is -2.15. The van der Waals surface area contributed by atoms with E-state index < -0.39 is 0 Å². The fourth-order valence-corrected chi connectivity index (χ4v) is 1.90. The average Bonchev–Trinajstić information content (AvgIpc) is 2.28. The quantitative estimate of drug-likeness (QED) is 0.852. The number of benzene rings is 1. The predicted molar refractivity (Wildman–Crippen MR) is 74.6 cm³/mol. The summed E-state index contributed by atoms with van der Waals surface area (Å²) in [4.78, 5) is 4.73. The van der Waals surface area contributed by atoms with Gasteiger partial charge in [0.15, 0.2) is 0 Å². The molecule has 2 nitrogen and oxygen atoms in total. The van der Waals surface area contributed by atoms with Crippen LogP contribution in [0.2, 0.25) is 0 Å². The molecule has 0 atom stereocenters. The zero-order chi connectivity index (χ0) is 12.4. The van der Waals surface area contributed by atoms with E-state index in [1.807, 2.05) is 0 Å². The molecule has 2 aromatic rings. The van der Waals surface area contributed by atoms with Gasteiger partial charge in [-0.05, 0) is 31.2 Å². The van der Waals surface area contributed by atoms with Crippen LogP contribution in [-0.2, 0) is 0 Å². The van der Waals surface area contributed by atoms with Crippen molar-refractivity contribution >= 4 is 16.6 Å². The maximum atomic E-state index is 4.73. The van der Waals surface area contributed by atoms with Gasteiger partial charge in [0.25, 0.3) is 0 Å². The van der Waals surface area contributed by atoms with Gasteiger partial charge in [-0.3, -0.25) is 0 Å². The van der Waals surface area contributed by atoms with Gasteiger partial charge in [-0.25, -0.2) is 4.98 Å². The minimum atomic E-state index is 0.397. The first-order valence-corrected chi connectivity index (χ1v) is 6.24. The maximum absolute atomic E-state index is 4.73. The molecule has 0 radical (unpaired) electrons. The van der Waals surface area contributed by atoms with Gasteiger partial charge in [-0.2, -0.15) is 0 Å². The van der Waals surface area contributed by atoms with Gasteiger partial charge in [0.1, 0.15) is 5.82 Å². The van der Waals surface area contributed by atoms with Crippen LogP contribution in [0.5, 0.6) is 0 Å². The van der Waals surface area contributed by atoms with E-state index in [9.17, 15) is 0 Å². The van der Waals surface area contributed by atoms with Crippen LogP contribution in [0.25, 0.3) is 10.8 Å². The molecule has 0 fully saturated rings. The molecule has 0 spiro atoms. The van der Waals surface area contributed by atoms with Crippen molar-refractivity contribution < 1.29 is 0 Å². The van der Waals surface area contributed by atoms with Crippen molar-refractivity contribution in [3.8, 4) is 0 Å². The Hall–Kier alpha value is -1.57. The molecule has 1 N–H and O–H groups in total. The van der Waals surface area contributed by atoms with E-state index >= 15 is 0 Å². The smallest absolute Gasteiger partial charge is 0.134 e. The van der Waals surface area contributed by atoms with E-state index in [2.05, 4.69) is 63.3 Å². The summed E-state index contributed by atoms with van der Waals surface area (Å²) >= 11 is 0. The van der Waals surface area contributed by atoms with Crippen LogP contribution >= 0.6 is 0 Å². The Labute approximate surface area is 103 Å². The van der Waals surface area contributed by atoms with Crippen LogP contribution < -0.4 is 5.32 Å². The summed E-state index contributed by atoms with van der Waals surface area (Å²) in [6.07, 6.45) is 0. The third-order valence-corrected chi connectivity index (χ3v) is 2.78. The molecule has 2 heteroatoms. The Bertz CT molecular complexity index is 515. The largest absolute Gasteiger partial charge is 0.367 e. The van der Waals surface area contributed by atoms with Gasteiger partial charge in [0.2, 0.25) is 0 Å². The van der Waals surface area contributed by atoms with Crippen molar-refractivity contribution in [2.24, 2.45) is 0 Å². The lowest BCUT2D eigenvalue weighted by Crippen LogP contribution is -2.12. The monoisotopic (exact) mass is 228 g/mol. The molecule has 0 aliphatic rings. The van der Waals surface area contributed by atoms with Crippen LogP contribution in [0, 0.1) is 0 Å². The second-order valence-electron chi connectivity index (χ2n) is 5.07. The first-order valence-electron chi connectivity index (χ1n) is 6.24. The number of aromatic nitrogens is 1. The Kier molecular flexibility index (Phi) is 3.32. The van der Waals surface area contributed by atoms with Crippen molar-refractivity contribution in [1.82, 2.24) is 4.98 Å². The Morgan fingerprint density at radius 2 is 1.76 bits per heavy atom. The minimum absolute atomic E-state index is 0.397. The molecule has 0 saturated carbocycles. The molecular weight excluding hydrogens is 208 g/mol. The third kappa shape index (κ3) is 2.57. The highest BCUT2D eigenvalue weighted by Gasteiger charge is 2.08. The molecule has 90 valence electrons. The maximum Gasteiger partial charge on any atom is 0.134 e. The number of hydrogen-bond acceptors (Lipinski definition) is 2. The first-order chi connectivity index (χ1) is 8.08. The Balaban J connectivity index is 2.60. The number of hydrogen-bond donors (Lipinski definition) is 1. The van der Waals surface area contributed by atoms with Crippen molar-refractivity contribution in [3.05, 3.63) is 36.0 Å². The summed E-state index contributed by atoms with van der Waals surface area (Å²) in [6.45, 7) is 8.63. The number of pyridine rings is 1. The molecule has 0 amide bonds. The van der Waals surface area contributed by atoms with Gasteiger partial charge in [0, 0.05) is 17.1 Å². The molecular formula is C15H20N2. The lowest BCUT2D eigenvalue weighted by atomic mass is 10.1. The van der Waals surface area contributed by atoms with E-state index in [-0.39, 0.29) is 0 Å². The fraction of sp³-hybridized carbons (Fsp3) is 0.400. The molecule has 17 heavy (non-hydrogen) atoms. The number of nitrogens with zero attached hydrogens (tertiary/aromatic N) is 1. The van der Waals surface area contributed by atoms with Crippen molar-refractivity contribution in [1.29, 1.82) is 0 Å². The standard InChI is InChI=1S/C15H20N2/c1-10(2)14-9-12-7-5-6-8-13(12)15(17-14)16-11(3)4/h5-11H,1-4H3,(H,16,17). The highest BCUT2D eigenvalue weighted by molar-refractivity contribution is 5.92. The fourth-order valence-electron chi connectivity index (χ4n) is 1.90. The number of fused-ring (bicyclic) bond motifs is 1. The highest BCUT2D eigenvalue weighted by Crippen LogP contribution is 2.26. The molecule has 0 saturated heterocycles. The SMILES string of the molecule is CC(C)Nc1nc(C(C)C)cc2ccccc12. The van der Waals surface area contributed by atoms with E-state index in [0.717, 1.165) is 11.5 Å². The number of anilines is 1. The Morgan fingerprint density at radius 3 is 2.41 bits per heavy atom. The summed E-state index contributed by atoms with van der Waals surface area (Å²) in [5.74, 6) is 1.45. The van der Waals surface area contributed by atoms with Crippen LogP contribution in [0.4, 0.5) is 5.82 Å². The first kappa shape index (κ1) is 11.9. The second kappa shape index (κ2) is 4.74. The predicted octanol–water partition coefficient (Wildman–Crippen LogP) is 4.18. The lowest BCUT2D eigenvalue weighted by molar-refractivity contribution is 0.818. The summed E-state index contributed by atoms with van der Waals surface area (Å²) in [6, 6.07) is 11.0. The molecule has 0 aliphatic heterocycles. The van der Waals surface area contributed by atoms with Gasteiger partial charge in [0.05, 0.1) is 0 Å². The molecule has 0 bridgehead atoms. The van der Waals surface area contributed by atoms with E-state index in [1.165, 1.54) is 10.8 Å². The topological polar surface area (TPSA) is 24.9 Å². The van der Waals surface area contributed by atoms with Crippen LogP contribution in [0.1, 0.15) is 39.3 Å². The minimum Gasteiger partial charge on any atom is -0.367 e. The van der Waals surface area contributed by atoms with Gasteiger partial charge in [-0.15, -0.1) is 0 Å². The van der Waals surface area contributed by atoms with Gasteiger partial charge < -0.3 is 5.32 Å². The van der Waals surface area contributed by atoms with Crippen molar-refractivity contribution in [2.75, 3.05) is 5.32 Å². The van der Waals surface area contributed by atoms with E-state index in [1.54, 1.807) is 0 Å². The number of nitrogens with one attached hydrogen (secondary N) is 1. The molecule has 1 heterocycles. The summed E-state index contributed by atoms with van der Waals surface area (Å²) < 4.78 is 0. The summed E-state index contributed by atoms with van der Waals surface area (Å²) in [5.41, 5.74) is 1.15. The third-order valence-electron chi connectivity index (χ3n) is 2.78. The molecule has 1 aromatic heterocycles. The van der Waals surface area contributed by atoms with Gasteiger partial charge >= 0.3 is 0 Å². The molecule has 0 unspecified atom stereocenters. The van der Waals surface area contributed by atoms with E-state index in [4.69, 9.17) is 4.98 Å². The summed E-state index contributed by atoms with van der Waals surface area (Å²) in [5, 5.41) is 5.89. The Morgan fingerprint density at radius 1 is 1.06 bits per heavy atom. The van der Waals surface area contributed by atoms with Crippen LogP contribution in [0.3, 0.4) is 0 Å². The van der Waals surface area contributed by atoms with Crippen molar-refractivity contribution in [2.45, 2.75) is 39.7 Å². The zero-order valence-electron chi connectivity index (χ0n) is 11.0. The number of rotatable bonds is 3.